The van der Waals surface area contributed by atoms with Crippen molar-refractivity contribution in [1.29, 1.82) is 0 Å². The highest BCUT2D eigenvalue weighted by Crippen LogP contribution is 2.38. The zero-order chi connectivity index (χ0) is 16.8. The van der Waals surface area contributed by atoms with Crippen LogP contribution in [0.25, 0.3) is 0 Å². The third kappa shape index (κ3) is 4.03. The topological polar surface area (TPSA) is 53.8 Å². The van der Waals surface area contributed by atoms with Gasteiger partial charge in [0.1, 0.15) is 0 Å². The van der Waals surface area contributed by atoms with E-state index in [1.54, 1.807) is 0 Å². The summed E-state index contributed by atoms with van der Waals surface area (Å²) in [5, 5.41) is 11.4. The van der Waals surface area contributed by atoms with E-state index in [1.807, 2.05) is 18.2 Å². The molecule has 24 heavy (non-hydrogen) atoms. The Morgan fingerprint density at radius 1 is 1.25 bits per heavy atom. The van der Waals surface area contributed by atoms with Crippen LogP contribution in [0.5, 0.6) is 0 Å². The van der Waals surface area contributed by atoms with E-state index in [-0.39, 0.29) is 17.5 Å². The number of amides is 1. The van der Waals surface area contributed by atoms with E-state index in [2.05, 4.69) is 33.6 Å². The van der Waals surface area contributed by atoms with E-state index in [1.165, 1.54) is 12.8 Å². The summed E-state index contributed by atoms with van der Waals surface area (Å²) in [6, 6.07) is 10.2. The first-order valence-corrected chi connectivity index (χ1v) is 8.94. The van der Waals surface area contributed by atoms with Gasteiger partial charge < -0.3 is 5.32 Å². The molecule has 2 aliphatic rings. The molecule has 1 aromatic rings. The van der Waals surface area contributed by atoms with Crippen molar-refractivity contribution >= 4 is 5.91 Å². The van der Waals surface area contributed by atoms with Gasteiger partial charge >= 0.3 is 0 Å². The summed E-state index contributed by atoms with van der Waals surface area (Å²) >= 11 is 0. The Morgan fingerprint density at radius 2 is 1.96 bits per heavy atom. The fraction of sp³-hybridized carbons (Fsp3) is 0.550. The van der Waals surface area contributed by atoms with Gasteiger partial charge in [-0.15, -0.1) is 12.3 Å². The lowest BCUT2D eigenvalue weighted by Crippen LogP contribution is -2.35. The van der Waals surface area contributed by atoms with Gasteiger partial charge in [0.15, 0.2) is 5.66 Å². The average molecular weight is 323 g/mol. The minimum absolute atomic E-state index is 0.0385. The highest BCUT2D eigenvalue weighted by Gasteiger charge is 2.39. The fourth-order valence-electron chi connectivity index (χ4n) is 3.75. The lowest BCUT2D eigenvalue weighted by molar-refractivity contribution is -0.123. The second-order valence-corrected chi connectivity index (χ2v) is 6.86. The van der Waals surface area contributed by atoms with Crippen LogP contribution in [0.1, 0.15) is 56.4 Å². The number of terminal acetylenes is 1. The molecular weight excluding hydrogens is 298 g/mol. The predicted octanol–water partition coefficient (Wildman–Crippen LogP) is 4.04. The van der Waals surface area contributed by atoms with Crippen molar-refractivity contribution in [2.45, 2.75) is 56.5 Å². The number of carbonyl (C=O) groups is 1. The maximum absolute atomic E-state index is 12.8. The normalized spacial score (nSPS) is 19.6. The summed E-state index contributed by atoms with van der Waals surface area (Å²) in [6.07, 6.45) is 12.3. The molecule has 4 heteroatoms. The molecule has 1 atom stereocenters. The lowest BCUT2D eigenvalue weighted by atomic mass is 9.84. The maximum atomic E-state index is 12.8. The molecule has 4 nitrogen and oxygen atoms in total. The van der Waals surface area contributed by atoms with Crippen LogP contribution in [0.15, 0.2) is 40.6 Å². The molecule has 0 spiro atoms. The molecular formula is C20H25N3O. The van der Waals surface area contributed by atoms with Gasteiger partial charge in [-0.3, -0.25) is 4.79 Å². The van der Waals surface area contributed by atoms with Crippen molar-refractivity contribution in [3.63, 3.8) is 0 Å². The first kappa shape index (κ1) is 16.7. The van der Waals surface area contributed by atoms with Crippen LogP contribution in [0.3, 0.4) is 0 Å². The van der Waals surface area contributed by atoms with Gasteiger partial charge in [-0.25, -0.2) is 0 Å². The molecule has 1 fully saturated rings. The smallest absolute Gasteiger partial charge is 0.227 e. The van der Waals surface area contributed by atoms with E-state index >= 15 is 0 Å². The molecule has 1 saturated carbocycles. The van der Waals surface area contributed by atoms with E-state index in [4.69, 9.17) is 6.42 Å². The Morgan fingerprint density at radius 3 is 2.58 bits per heavy atom. The Bertz CT molecular complexity index is 620. The third-order valence-corrected chi connectivity index (χ3v) is 5.19. The summed E-state index contributed by atoms with van der Waals surface area (Å²) < 4.78 is 0. The SMILES string of the molecule is C#CCCC1(CCNC(=O)C(c2ccccc2)C2CCCC2)N=N1. The summed E-state index contributed by atoms with van der Waals surface area (Å²) in [4.78, 5) is 12.8. The van der Waals surface area contributed by atoms with Crippen molar-refractivity contribution in [2.75, 3.05) is 6.54 Å². The van der Waals surface area contributed by atoms with Crippen LogP contribution in [-0.4, -0.2) is 18.1 Å². The highest BCUT2D eigenvalue weighted by atomic mass is 16.1. The number of rotatable bonds is 8. The van der Waals surface area contributed by atoms with Gasteiger partial charge in [0.25, 0.3) is 0 Å². The minimum Gasteiger partial charge on any atom is -0.355 e. The zero-order valence-corrected chi connectivity index (χ0v) is 14.1. The second-order valence-electron chi connectivity index (χ2n) is 6.86. The molecule has 1 amide bonds. The molecule has 1 aromatic carbocycles. The van der Waals surface area contributed by atoms with E-state index < -0.39 is 0 Å². The van der Waals surface area contributed by atoms with Gasteiger partial charge in [-0.05, 0) is 24.3 Å². The summed E-state index contributed by atoms with van der Waals surface area (Å²) in [6.45, 7) is 0.604. The van der Waals surface area contributed by atoms with Crippen molar-refractivity contribution in [2.24, 2.45) is 16.1 Å². The number of carbonyl (C=O) groups excluding carboxylic acids is 1. The molecule has 1 heterocycles. The van der Waals surface area contributed by atoms with Gasteiger partial charge in [0.2, 0.25) is 5.91 Å². The summed E-state index contributed by atoms with van der Waals surface area (Å²) in [5.74, 6) is 3.19. The molecule has 1 unspecified atom stereocenters. The highest BCUT2D eigenvalue weighted by molar-refractivity contribution is 5.84. The molecule has 126 valence electrons. The fourth-order valence-corrected chi connectivity index (χ4v) is 3.75. The van der Waals surface area contributed by atoms with Crippen molar-refractivity contribution in [3.8, 4) is 12.3 Å². The van der Waals surface area contributed by atoms with Crippen molar-refractivity contribution in [1.82, 2.24) is 5.32 Å². The Balaban J connectivity index is 1.57. The summed E-state index contributed by atoms with van der Waals surface area (Å²) in [7, 11) is 0. The van der Waals surface area contributed by atoms with Crippen LogP contribution >= 0.6 is 0 Å². The van der Waals surface area contributed by atoms with E-state index in [0.717, 1.165) is 31.2 Å². The first-order chi connectivity index (χ1) is 11.7. The maximum Gasteiger partial charge on any atom is 0.227 e. The van der Waals surface area contributed by atoms with Crippen LogP contribution in [-0.2, 0) is 4.79 Å². The number of hydrogen-bond acceptors (Lipinski definition) is 3. The number of nitrogens with zero attached hydrogens (tertiary/aromatic N) is 2. The predicted molar refractivity (Wildman–Crippen MR) is 94.4 cm³/mol. The van der Waals surface area contributed by atoms with Crippen LogP contribution in [0, 0.1) is 18.3 Å². The van der Waals surface area contributed by atoms with Gasteiger partial charge in [0.05, 0.1) is 5.92 Å². The van der Waals surface area contributed by atoms with Crippen LogP contribution in [0.2, 0.25) is 0 Å². The molecule has 1 N–H and O–H groups in total. The largest absolute Gasteiger partial charge is 0.355 e. The van der Waals surface area contributed by atoms with Crippen LogP contribution < -0.4 is 5.32 Å². The second kappa shape index (κ2) is 7.61. The molecule has 0 bridgehead atoms. The van der Waals surface area contributed by atoms with Gasteiger partial charge in [-0.2, -0.15) is 10.2 Å². The lowest BCUT2D eigenvalue weighted by Gasteiger charge is -2.23. The Labute approximate surface area is 144 Å². The third-order valence-electron chi connectivity index (χ3n) is 5.19. The van der Waals surface area contributed by atoms with E-state index in [0.29, 0.717) is 18.9 Å². The monoisotopic (exact) mass is 323 g/mol. The standard InChI is InChI=1S/C20H25N3O/c1-2-3-13-20(22-23-20)14-15-21-19(24)18(17-11-7-8-12-17)16-9-5-4-6-10-16/h1,4-6,9-10,17-18H,3,7-8,11-15H2,(H,21,24). The number of benzene rings is 1. The first-order valence-electron chi connectivity index (χ1n) is 8.94. The van der Waals surface area contributed by atoms with Crippen LogP contribution in [0.4, 0.5) is 0 Å². The van der Waals surface area contributed by atoms with Crippen molar-refractivity contribution in [3.05, 3.63) is 35.9 Å². The Hall–Kier alpha value is -2.15. The molecule has 0 aromatic heterocycles. The molecule has 0 radical (unpaired) electrons. The molecule has 0 saturated heterocycles. The average Bonchev–Trinajstić information content (AvgIpc) is 3.17. The number of nitrogens with one attached hydrogen (secondary N) is 1. The molecule has 1 aliphatic heterocycles. The quantitative estimate of drug-likeness (QED) is 0.721. The summed E-state index contributed by atoms with van der Waals surface area (Å²) in [5.41, 5.74) is 0.805. The Kier molecular flexibility index (Phi) is 5.30. The number of hydrogen-bond donors (Lipinski definition) is 1. The minimum atomic E-state index is -0.324. The van der Waals surface area contributed by atoms with Crippen molar-refractivity contribution < 1.29 is 4.79 Å². The molecule has 1 aliphatic carbocycles. The van der Waals surface area contributed by atoms with Gasteiger partial charge in [-0.1, -0.05) is 43.2 Å². The van der Waals surface area contributed by atoms with E-state index in [9.17, 15) is 4.79 Å². The zero-order valence-electron chi connectivity index (χ0n) is 14.1. The van der Waals surface area contributed by atoms with Gasteiger partial charge in [0, 0.05) is 25.8 Å². The molecule has 3 rings (SSSR count).